The summed E-state index contributed by atoms with van der Waals surface area (Å²) < 4.78 is 5.68. The predicted octanol–water partition coefficient (Wildman–Crippen LogP) is 4.30. The molecule has 1 aliphatic heterocycles. The summed E-state index contributed by atoms with van der Waals surface area (Å²) in [6.45, 7) is 4.24. The average Bonchev–Trinajstić information content (AvgIpc) is 2.45. The number of Topliss-reactive ketones (excluding diaryl/α,β-unsaturated/α-hetero) is 1. The zero-order chi connectivity index (χ0) is 12.6. The number of halogens is 2. The Bertz CT molecular complexity index is 467. The fraction of sp³-hybridized carbons (Fsp3) is 0.462. The number of ether oxygens (including phenoxy) is 1. The SMILES string of the molecule is Cc1c(Cl)cc(C(C)Cl)c2c1C(=O)CCCO2. The summed E-state index contributed by atoms with van der Waals surface area (Å²) in [6.07, 6.45) is 1.24. The van der Waals surface area contributed by atoms with E-state index in [1.54, 1.807) is 6.07 Å². The highest BCUT2D eigenvalue weighted by molar-refractivity contribution is 6.32. The first-order valence-corrected chi connectivity index (χ1v) is 6.47. The molecule has 0 N–H and O–H groups in total. The van der Waals surface area contributed by atoms with Crippen LogP contribution in [0.2, 0.25) is 5.02 Å². The van der Waals surface area contributed by atoms with Gasteiger partial charge < -0.3 is 4.74 Å². The molecule has 1 unspecified atom stereocenters. The quantitative estimate of drug-likeness (QED) is 0.713. The van der Waals surface area contributed by atoms with Crippen molar-refractivity contribution in [3.63, 3.8) is 0 Å². The lowest BCUT2D eigenvalue weighted by molar-refractivity contribution is 0.0982. The third kappa shape index (κ3) is 2.29. The summed E-state index contributed by atoms with van der Waals surface area (Å²) in [4.78, 5) is 12.1. The minimum Gasteiger partial charge on any atom is -0.492 e. The molecule has 0 bridgehead atoms. The van der Waals surface area contributed by atoms with Gasteiger partial charge in [0.1, 0.15) is 5.75 Å². The summed E-state index contributed by atoms with van der Waals surface area (Å²) >= 11 is 12.3. The number of ketones is 1. The first-order chi connectivity index (χ1) is 8.02. The molecule has 0 aromatic heterocycles. The molecule has 4 heteroatoms. The van der Waals surface area contributed by atoms with Crippen LogP contribution in [0.1, 0.15) is 46.6 Å². The van der Waals surface area contributed by atoms with Crippen LogP contribution in [0.5, 0.6) is 5.75 Å². The van der Waals surface area contributed by atoms with Crippen LogP contribution < -0.4 is 4.74 Å². The zero-order valence-corrected chi connectivity index (χ0v) is 11.4. The van der Waals surface area contributed by atoms with Crippen LogP contribution in [0.4, 0.5) is 0 Å². The Morgan fingerprint density at radius 1 is 1.47 bits per heavy atom. The van der Waals surface area contributed by atoms with Gasteiger partial charge in [0.2, 0.25) is 0 Å². The van der Waals surface area contributed by atoms with E-state index >= 15 is 0 Å². The summed E-state index contributed by atoms with van der Waals surface area (Å²) in [7, 11) is 0. The van der Waals surface area contributed by atoms with E-state index < -0.39 is 0 Å². The lowest BCUT2D eigenvalue weighted by Gasteiger charge is -2.17. The number of hydrogen-bond acceptors (Lipinski definition) is 2. The second-order valence-corrected chi connectivity index (χ2v) is 5.33. The van der Waals surface area contributed by atoms with Gasteiger partial charge in [-0.25, -0.2) is 0 Å². The second kappa shape index (κ2) is 4.87. The van der Waals surface area contributed by atoms with E-state index in [-0.39, 0.29) is 11.2 Å². The molecule has 0 saturated carbocycles. The van der Waals surface area contributed by atoms with Crippen LogP contribution in [-0.2, 0) is 0 Å². The third-order valence-electron chi connectivity index (χ3n) is 3.01. The number of alkyl halides is 1. The summed E-state index contributed by atoms with van der Waals surface area (Å²) in [6, 6.07) is 1.80. The monoisotopic (exact) mass is 272 g/mol. The largest absolute Gasteiger partial charge is 0.492 e. The first kappa shape index (κ1) is 12.7. The molecule has 1 aromatic rings. The van der Waals surface area contributed by atoms with Gasteiger partial charge in [-0.15, -0.1) is 11.6 Å². The van der Waals surface area contributed by atoms with Crippen molar-refractivity contribution in [3.05, 3.63) is 27.8 Å². The van der Waals surface area contributed by atoms with Crippen molar-refractivity contribution in [2.75, 3.05) is 6.61 Å². The molecule has 1 aliphatic rings. The normalized spacial score (nSPS) is 17.1. The van der Waals surface area contributed by atoms with Gasteiger partial charge in [0.25, 0.3) is 0 Å². The van der Waals surface area contributed by atoms with E-state index in [1.165, 1.54) is 0 Å². The van der Waals surface area contributed by atoms with Crippen molar-refractivity contribution in [2.24, 2.45) is 0 Å². The summed E-state index contributed by atoms with van der Waals surface area (Å²) in [5.74, 6) is 0.716. The Hall–Kier alpha value is -0.730. The van der Waals surface area contributed by atoms with Gasteiger partial charge in [-0.3, -0.25) is 4.79 Å². The molecule has 0 spiro atoms. The molecular weight excluding hydrogens is 259 g/mol. The van der Waals surface area contributed by atoms with E-state index in [2.05, 4.69) is 0 Å². The maximum absolute atomic E-state index is 12.1. The number of benzene rings is 1. The van der Waals surface area contributed by atoms with Gasteiger partial charge in [-0.2, -0.15) is 0 Å². The highest BCUT2D eigenvalue weighted by Crippen LogP contribution is 2.39. The second-order valence-electron chi connectivity index (χ2n) is 4.27. The van der Waals surface area contributed by atoms with Gasteiger partial charge in [-0.1, -0.05) is 11.6 Å². The van der Waals surface area contributed by atoms with Crippen molar-refractivity contribution in [3.8, 4) is 5.75 Å². The number of hydrogen-bond donors (Lipinski definition) is 0. The summed E-state index contributed by atoms with van der Waals surface area (Å²) in [5, 5.41) is 0.345. The third-order valence-corrected chi connectivity index (χ3v) is 3.63. The highest BCUT2D eigenvalue weighted by atomic mass is 35.5. The topological polar surface area (TPSA) is 26.3 Å². The van der Waals surface area contributed by atoms with Crippen LogP contribution >= 0.6 is 23.2 Å². The van der Waals surface area contributed by atoms with Gasteiger partial charge in [0.15, 0.2) is 5.78 Å². The minimum atomic E-state index is -0.229. The molecule has 0 amide bonds. The Morgan fingerprint density at radius 3 is 2.82 bits per heavy atom. The molecule has 1 heterocycles. The number of fused-ring (bicyclic) bond motifs is 1. The maximum Gasteiger partial charge on any atom is 0.167 e. The molecular formula is C13H14Cl2O2. The van der Waals surface area contributed by atoms with E-state index in [1.807, 2.05) is 13.8 Å². The van der Waals surface area contributed by atoms with Gasteiger partial charge >= 0.3 is 0 Å². The first-order valence-electron chi connectivity index (χ1n) is 5.65. The van der Waals surface area contributed by atoms with Crippen LogP contribution in [0, 0.1) is 6.92 Å². The molecule has 2 nitrogen and oxygen atoms in total. The van der Waals surface area contributed by atoms with Crippen LogP contribution in [-0.4, -0.2) is 12.4 Å². The van der Waals surface area contributed by atoms with Gasteiger partial charge in [-0.05, 0) is 31.9 Å². The van der Waals surface area contributed by atoms with E-state index in [9.17, 15) is 4.79 Å². The average molecular weight is 273 g/mol. The van der Waals surface area contributed by atoms with Crippen molar-refractivity contribution in [2.45, 2.75) is 32.1 Å². The van der Waals surface area contributed by atoms with Crippen molar-refractivity contribution in [1.82, 2.24) is 0 Å². The van der Waals surface area contributed by atoms with Gasteiger partial charge in [0, 0.05) is 17.0 Å². The highest BCUT2D eigenvalue weighted by Gasteiger charge is 2.25. The standard InChI is InChI=1S/C13H14Cl2O2/c1-7-10(15)6-9(8(2)14)13-12(7)11(16)4-3-5-17-13/h6,8H,3-5H2,1-2H3. The van der Waals surface area contributed by atoms with Crippen molar-refractivity contribution in [1.29, 1.82) is 0 Å². The van der Waals surface area contributed by atoms with Crippen molar-refractivity contribution < 1.29 is 9.53 Å². The Morgan fingerprint density at radius 2 is 2.18 bits per heavy atom. The predicted molar refractivity (Wildman–Crippen MR) is 69.5 cm³/mol. The van der Waals surface area contributed by atoms with E-state index in [0.717, 1.165) is 17.5 Å². The molecule has 17 heavy (non-hydrogen) atoms. The molecule has 0 fully saturated rings. The molecule has 92 valence electrons. The fourth-order valence-electron chi connectivity index (χ4n) is 2.06. The molecule has 0 radical (unpaired) electrons. The Kier molecular flexibility index (Phi) is 3.64. The number of carbonyl (C=O) groups excluding carboxylic acids is 1. The molecule has 0 aliphatic carbocycles. The Labute approximate surface area is 111 Å². The summed E-state index contributed by atoms with van der Waals surface area (Å²) in [5.41, 5.74) is 2.19. The molecule has 0 saturated heterocycles. The lowest BCUT2D eigenvalue weighted by atomic mass is 9.97. The van der Waals surface area contributed by atoms with Crippen LogP contribution in [0.3, 0.4) is 0 Å². The maximum atomic E-state index is 12.1. The minimum absolute atomic E-state index is 0.0936. The molecule has 2 rings (SSSR count). The fourth-order valence-corrected chi connectivity index (χ4v) is 2.44. The van der Waals surface area contributed by atoms with Crippen LogP contribution in [0.15, 0.2) is 6.07 Å². The van der Waals surface area contributed by atoms with E-state index in [4.69, 9.17) is 27.9 Å². The lowest BCUT2D eigenvalue weighted by Crippen LogP contribution is -2.05. The number of rotatable bonds is 1. The van der Waals surface area contributed by atoms with Crippen LogP contribution in [0.25, 0.3) is 0 Å². The molecule has 1 aromatic carbocycles. The molecule has 1 atom stereocenters. The number of carbonyl (C=O) groups is 1. The van der Waals surface area contributed by atoms with E-state index in [0.29, 0.717) is 29.4 Å². The van der Waals surface area contributed by atoms with Crippen molar-refractivity contribution >= 4 is 29.0 Å². The van der Waals surface area contributed by atoms with Gasteiger partial charge in [0.05, 0.1) is 17.5 Å². The zero-order valence-electron chi connectivity index (χ0n) is 9.85. The smallest absolute Gasteiger partial charge is 0.167 e. The Balaban J connectivity index is 2.71.